The molecule has 3 unspecified atom stereocenters. The van der Waals surface area contributed by atoms with Crippen molar-refractivity contribution in [3.8, 4) is 0 Å². The SMILES string of the molecule is CN(C)C1(c2ccccc2)CCN(C(=O)C2CCCN(C=O)C2C2CCCc3c2[nH]c2ccc(Cl)cc32)CC1. The predicted molar refractivity (Wildman–Crippen MR) is 156 cm³/mol. The molecule has 1 aliphatic carbocycles. The molecule has 2 fully saturated rings. The molecule has 206 valence electrons. The fourth-order valence-corrected chi connectivity index (χ4v) is 8.01. The molecule has 2 aliphatic heterocycles. The second-order valence-corrected chi connectivity index (χ2v) is 12.3. The van der Waals surface area contributed by atoms with Gasteiger partial charge in [-0.2, -0.15) is 0 Å². The second kappa shape index (κ2) is 10.6. The van der Waals surface area contributed by atoms with Gasteiger partial charge in [0.1, 0.15) is 0 Å². The number of aryl methyl sites for hydroxylation is 1. The molecule has 7 heteroatoms. The smallest absolute Gasteiger partial charge is 0.227 e. The number of fused-ring (bicyclic) bond motifs is 3. The molecule has 0 spiro atoms. The number of aromatic amines is 1. The number of H-pyrrole nitrogens is 1. The number of aromatic nitrogens is 1. The molecule has 1 aromatic heterocycles. The van der Waals surface area contributed by atoms with Crippen LogP contribution in [0.4, 0.5) is 0 Å². The summed E-state index contributed by atoms with van der Waals surface area (Å²) >= 11 is 6.36. The Kier molecular flexibility index (Phi) is 7.19. The summed E-state index contributed by atoms with van der Waals surface area (Å²) in [7, 11) is 4.30. The van der Waals surface area contributed by atoms with Gasteiger partial charge < -0.3 is 14.8 Å². The number of nitrogens with one attached hydrogen (secondary N) is 1. The first-order valence-electron chi connectivity index (χ1n) is 14.5. The lowest BCUT2D eigenvalue weighted by molar-refractivity contribution is -0.144. The molecule has 2 saturated heterocycles. The van der Waals surface area contributed by atoms with Gasteiger partial charge in [-0.15, -0.1) is 0 Å². The summed E-state index contributed by atoms with van der Waals surface area (Å²) in [6.07, 6.45) is 7.52. The van der Waals surface area contributed by atoms with Gasteiger partial charge in [-0.3, -0.25) is 14.5 Å². The molecule has 6 rings (SSSR count). The molecule has 39 heavy (non-hydrogen) atoms. The van der Waals surface area contributed by atoms with Crippen molar-refractivity contribution in [2.75, 3.05) is 33.7 Å². The van der Waals surface area contributed by atoms with Crippen LogP contribution >= 0.6 is 11.6 Å². The van der Waals surface area contributed by atoms with E-state index in [0.717, 1.165) is 75.0 Å². The van der Waals surface area contributed by atoms with E-state index >= 15 is 0 Å². The van der Waals surface area contributed by atoms with E-state index in [1.54, 1.807) is 0 Å². The molecule has 3 heterocycles. The van der Waals surface area contributed by atoms with Gasteiger partial charge in [0.2, 0.25) is 12.3 Å². The molecule has 0 radical (unpaired) electrons. The highest BCUT2D eigenvalue weighted by Gasteiger charge is 2.46. The molecule has 1 N–H and O–H groups in total. The van der Waals surface area contributed by atoms with Crippen LogP contribution in [-0.2, 0) is 21.5 Å². The molecule has 2 amide bonds. The minimum absolute atomic E-state index is 0.0667. The maximum atomic E-state index is 14.3. The summed E-state index contributed by atoms with van der Waals surface area (Å²) in [4.78, 5) is 36.7. The van der Waals surface area contributed by atoms with Gasteiger partial charge in [0.25, 0.3) is 0 Å². The van der Waals surface area contributed by atoms with Gasteiger partial charge >= 0.3 is 0 Å². The summed E-state index contributed by atoms with van der Waals surface area (Å²) in [5.74, 6) is 0.158. The Balaban J connectivity index is 1.28. The molecule has 2 aromatic carbocycles. The predicted octanol–water partition coefficient (Wildman–Crippen LogP) is 5.56. The van der Waals surface area contributed by atoms with Crippen LogP contribution in [0.3, 0.4) is 0 Å². The number of amides is 2. The van der Waals surface area contributed by atoms with E-state index in [0.29, 0.717) is 6.54 Å². The molecule has 0 bridgehead atoms. The number of carbonyl (C=O) groups excluding carboxylic acids is 2. The minimum Gasteiger partial charge on any atom is -0.358 e. The van der Waals surface area contributed by atoms with Crippen molar-refractivity contribution in [1.82, 2.24) is 19.7 Å². The van der Waals surface area contributed by atoms with Crippen molar-refractivity contribution in [2.24, 2.45) is 5.92 Å². The molecular weight excluding hydrogens is 508 g/mol. The first-order valence-corrected chi connectivity index (χ1v) is 14.8. The van der Waals surface area contributed by atoms with Crippen LogP contribution in [0.15, 0.2) is 48.5 Å². The molecule has 3 atom stereocenters. The average Bonchev–Trinajstić information content (AvgIpc) is 3.35. The van der Waals surface area contributed by atoms with Crippen molar-refractivity contribution in [1.29, 1.82) is 0 Å². The van der Waals surface area contributed by atoms with E-state index < -0.39 is 0 Å². The third-order valence-electron chi connectivity index (χ3n) is 9.87. The summed E-state index contributed by atoms with van der Waals surface area (Å²) in [6.45, 7) is 2.18. The van der Waals surface area contributed by atoms with E-state index in [9.17, 15) is 9.59 Å². The number of nitrogens with zero attached hydrogens (tertiary/aromatic N) is 3. The fourth-order valence-electron chi connectivity index (χ4n) is 7.83. The standard InChI is InChI=1S/C32H39ClN4O2/c1-35(2)32(22-8-4-3-5-9-22)15-18-36(19-16-32)31(39)26-12-7-17-37(21-38)30(26)25-11-6-10-24-27-20-23(33)13-14-28(27)34-29(24)25/h3-5,8-9,13-14,20-21,25-26,30,34H,6-7,10-12,15-19H2,1-2H3. The van der Waals surface area contributed by atoms with E-state index in [1.165, 1.54) is 22.2 Å². The number of hydrogen-bond acceptors (Lipinski definition) is 3. The van der Waals surface area contributed by atoms with Crippen LogP contribution in [0.2, 0.25) is 5.02 Å². The monoisotopic (exact) mass is 546 g/mol. The highest BCUT2D eigenvalue weighted by molar-refractivity contribution is 6.31. The number of benzene rings is 2. The van der Waals surface area contributed by atoms with Crippen LogP contribution in [0.5, 0.6) is 0 Å². The Morgan fingerprint density at radius 3 is 2.54 bits per heavy atom. The molecule has 6 nitrogen and oxygen atoms in total. The van der Waals surface area contributed by atoms with Crippen molar-refractivity contribution >= 4 is 34.8 Å². The Morgan fingerprint density at radius 2 is 1.82 bits per heavy atom. The van der Waals surface area contributed by atoms with Gasteiger partial charge in [0, 0.05) is 52.7 Å². The number of rotatable bonds is 5. The largest absolute Gasteiger partial charge is 0.358 e. The average molecular weight is 547 g/mol. The lowest BCUT2D eigenvalue weighted by Gasteiger charge is -2.49. The lowest BCUT2D eigenvalue weighted by Crippen LogP contribution is -2.57. The fraction of sp³-hybridized carbons (Fsp3) is 0.500. The van der Waals surface area contributed by atoms with Crippen molar-refractivity contribution in [3.05, 3.63) is 70.4 Å². The number of carbonyl (C=O) groups is 2. The zero-order valence-corrected chi connectivity index (χ0v) is 23.8. The quantitative estimate of drug-likeness (QED) is 0.426. The van der Waals surface area contributed by atoms with E-state index in [2.05, 4.69) is 59.2 Å². The van der Waals surface area contributed by atoms with Crippen molar-refractivity contribution in [2.45, 2.75) is 62.4 Å². The molecular formula is C32H39ClN4O2. The van der Waals surface area contributed by atoms with E-state index in [4.69, 9.17) is 11.6 Å². The normalized spacial score (nSPS) is 25.1. The van der Waals surface area contributed by atoms with Crippen LogP contribution in [0.1, 0.15) is 61.3 Å². The lowest BCUT2D eigenvalue weighted by atomic mass is 9.73. The Hall–Kier alpha value is -2.83. The van der Waals surface area contributed by atoms with Gasteiger partial charge in [-0.1, -0.05) is 41.9 Å². The van der Waals surface area contributed by atoms with Crippen LogP contribution in [0.25, 0.3) is 10.9 Å². The summed E-state index contributed by atoms with van der Waals surface area (Å²) in [6, 6.07) is 16.6. The van der Waals surface area contributed by atoms with Gasteiger partial charge in [0.05, 0.1) is 12.0 Å². The molecule has 3 aliphatic rings. The van der Waals surface area contributed by atoms with Crippen molar-refractivity contribution < 1.29 is 9.59 Å². The van der Waals surface area contributed by atoms with Crippen LogP contribution in [0, 0.1) is 5.92 Å². The Labute approximate surface area is 236 Å². The number of likely N-dealkylation sites (tertiary alicyclic amines) is 2. The first kappa shape index (κ1) is 26.4. The molecule has 0 saturated carbocycles. The van der Waals surface area contributed by atoms with Gasteiger partial charge in [-0.05, 0) is 88.4 Å². The van der Waals surface area contributed by atoms with Gasteiger partial charge in [0.15, 0.2) is 0 Å². The third kappa shape index (κ3) is 4.55. The summed E-state index contributed by atoms with van der Waals surface area (Å²) in [5, 5.41) is 1.91. The van der Waals surface area contributed by atoms with Crippen LogP contribution in [-0.4, -0.2) is 71.8 Å². The second-order valence-electron chi connectivity index (χ2n) is 11.9. The number of halogens is 1. The highest BCUT2D eigenvalue weighted by Crippen LogP contribution is 2.45. The number of hydrogen-bond donors (Lipinski definition) is 1. The Morgan fingerprint density at radius 1 is 1.05 bits per heavy atom. The van der Waals surface area contributed by atoms with E-state index in [-0.39, 0.29) is 29.3 Å². The third-order valence-corrected chi connectivity index (χ3v) is 10.1. The zero-order chi connectivity index (χ0) is 27.1. The number of piperidine rings is 2. The maximum absolute atomic E-state index is 14.3. The highest BCUT2D eigenvalue weighted by atomic mass is 35.5. The summed E-state index contributed by atoms with van der Waals surface area (Å²) in [5.41, 5.74) is 4.85. The Bertz CT molecular complexity index is 1340. The minimum atomic E-state index is -0.182. The van der Waals surface area contributed by atoms with E-state index in [1.807, 2.05) is 23.1 Å². The summed E-state index contributed by atoms with van der Waals surface area (Å²) < 4.78 is 0. The molecule has 3 aromatic rings. The van der Waals surface area contributed by atoms with Gasteiger partial charge in [-0.25, -0.2) is 0 Å². The zero-order valence-electron chi connectivity index (χ0n) is 23.0. The topological polar surface area (TPSA) is 59.6 Å². The van der Waals surface area contributed by atoms with Crippen molar-refractivity contribution in [3.63, 3.8) is 0 Å². The first-order chi connectivity index (χ1) is 18.9. The van der Waals surface area contributed by atoms with Crippen LogP contribution < -0.4 is 0 Å². The maximum Gasteiger partial charge on any atom is 0.227 e.